The first-order chi connectivity index (χ1) is 11.9. The average Bonchev–Trinajstić information content (AvgIpc) is 3.07. The van der Waals surface area contributed by atoms with Gasteiger partial charge >= 0.3 is 0 Å². The molecule has 138 valence electrons. The van der Waals surface area contributed by atoms with E-state index in [1.807, 2.05) is 11.8 Å². The summed E-state index contributed by atoms with van der Waals surface area (Å²) in [5.74, 6) is 1.99. The van der Waals surface area contributed by atoms with Crippen LogP contribution in [0.2, 0.25) is 0 Å². The molecular formula is C19H31N5O. The van der Waals surface area contributed by atoms with Gasteiger partial charge in [0.1, 0.15) is 5.82 Å². The highest BCUT2D eigenvalue weighted by molar-refractivity contribution is 5.91. The van der Waals surface area contributed by atoms with E-state index in [0.29, 0.717) is 17.8 Å². The summed E-state index contributed by atoms with van der Waals surface area (Å²) in [7, 11) is 4.25. The zero-order valence-electron chi connectivity index (χ0n) is 16.2. The Morgan fingerprint density at radius 1 is 1.08 bits per heavy atom. The van der Waals surface area contributed by atoms with E-state index in [0.717, 1.165) is 62.5 Å². The molecule has 0 spiro atoms. The second kappa shape index (κ2) is 7.28. The zero-order valence-corrected chi connectivity index (χ0v) is 16.2. The molecule has 1 atom stereocenters. The molecule has 6 heteroatoms. The number of hydrogen-bond donors (Lipinski definition) is 0. The Kier molecular flexibility index (Phi) is 5.27. The summed E-state index contributed by atoms with van der Waals surface area (Å²) >= 11 is 0. The summed E-state index contributed by atoms with van der Waals surface area (Å²) in [4.78, 5) is 28.6. The number of nitrogens with zero attached hydrogens (tertiary/aromatic N) is 5. The van der Waals surface area contributed by atoms with Crippen LogP contribution in [0.4, 0.5) is 5.82 Å². The molecule has 1 aromatic heterocycles. The van der Waals surface area contributed by atoms with E-state index in [-0.39, 0.29) is 5.91 Å². The van der Waals surface area contributed by atoms with Crippen LogP contribution in [0.25, 0.3) is 0 Å². The topological polar surface area (TPSA) is 52.6 Å². The first-order valence-electron chi connectivity index (χ1n) is 9.42. The summed E-state index contributed by atoms with van der Waals surface area (Å²) in [6.45, 7) is 9.87. The van der Waals surface area contributed by atoms with Crippen molar-refractivity contribution in [1.82, 2.24) is 19.8 Å². The first kappa shape index (κ1) is 18.1. The fourth-order valence-corrected chi connectivity index (χ4v) is 3.73. The number of carbonyl (C=O) groups is 1. The van der Waals surface area contributed by atoms with Gasteiger partial charge in [-0.05, 0) is 53.1 Å². The number of likely N-dealkylation sites (N-methyl/N-ethyl adjacent to an activating group) is 1. The van der Waals surface area contributed by atoms with Crippen LogP contribution in [0.1, 0.15) is 48.1 Å². The van der Waals surface area contributed by atoms with E-state index in [1.54, 1.807) is 0 Å². The van der Waals surface area contributed by atoms with Crippen LogP contribution in [-0.2, 0) is 0 Å². The molecule has 0 aliphatic carbocycles. The summed E-state index contributed by atoms with van der Waals surface area (Å²) < 4.78 is 0. The molecule has 0 N–H and O–H groups in total. The van der Waals surface area contributed by atoms with Crippen molar-refractivity contribution >= 4 is 11.7 Å². The second-order valence-electron chi connectivity index (χ2n) is 7.91. The van der Waals surface area contributed by atoms with Gasteiger partial charge in [0.15, 0.2) is 0 Å². The smallest absolute Gasteiger partial charge is 0.291 e. The Labute approximate surface area is 151 Å². The lowest BCUT2D eigenvalue weighted by Crippen LogP contribution is -2.39. The Bertz CT molecular complexity index is 637. The van der Waals surface area contributed by atoms with Gasteiger partial charge in [0.2, 0.25) is 5.82 Å². The van der Waals surface area contributed by atoms with Gasteiger partial charge in [-0.3, -0.25) is 4.79 Å². The maximum atomic E-state index is 12.9. The number of carbonyl (C=O) groups excluding carboxylic acids is 1. The molecule has 0 saturated carbocycles. The Balaban J connectivity index is 1.82. The van der Waals surface area contributed by atoms with Crippen molar-refractivity contribution in [3.63, 3.8) is 0 Å². The van der Waals surface area contributed by atoms with E-state index in [4.69, 9.17) is 4.98 Å². The highest BCUT2D eigenvalue weighted by Crippen LogP contribution is 2.26. The number of hydrogen-bond acceptors (Lipinski definition) is 5. The number of amides is 1. The van der Waals surface area contributed by atoms with Crippen molar-refractivity contribution in [3.05, 3.63) is 17.1 Å². The molecule has 25 heavy (non-hydrogen) atoms. The molecule has 0 bridgehead atoms. The van der Waals surface area contributed by atoms with Crippen LogP contribution in [0, 0.1) is 19.8 Å². The van der Waals surface area contributed by atoms with Crippen molar-refractivity contribution in [1.29, 1.82) is 0 Å². The predicted molar refractivity (Wildman–Crippen MR) is 100 cm³/mol. The lowest BCUT2D eigenvalue weighted by Gasteiger charge is -2.30. The highest BCUT2D eigenvalue weighted by atomic mass is 16.2. The molecule has 2 aliphatic heterocycles. The molecule has 2 aliphatic rings. The molecule has 2 fully saturated rings. The van der Waals surface area contributed by atoms with Gasteiger partial charge in [-0.15, -0.1) is 0 Å². The largest absolute Gasteiger partial charge is 0.355 e. The van der Waals surface area contributed by atoms with Crippen LogP contribution in [-0.4, -0.2) is 72.0 Å². The van der Waals surface area contributed by atoms with Gasteiger partial charge in [-0.2, -0.15) is 0 Å². The highest BCUT2D eigenvalue weighted by Gasteiger charge is 2.29. The minimum Gasteiger partial charge on any atom is -0.355 e. The summed E-state index contributed by atoms with van der Waals surface area (Å²) in [6.07, 6.45) is 3.27. The second-order valence-corrected chi connectivity index (χ2v) is 7.91. The molecule has 1 amide bonds. The number of aromatic nitrogens is 2. The first-order valence-corrected chi connectivity index (χ1v) is 9.42. The van der Waals surface area contributed by atoms with Gasteiger partial charge in [0.25, 0.3) is 5.91 Å². The van der Waals surface area contributed by atoms with E-state index in [1.165, 1.54) is 0 Å². The quantitative estimate of drug-likeness (QED) is 0.840. The minimum absolute atomic E-state index is 0.0143. The zero-order chi connectivity index (χ0) is 18.1. The van der Waals surface area contributed by atoms with Crippen LogP contribution in [0.5, 0.6) is 0 Å². The van der Waals surface area contributed by atoms with Gasteiger partial charge in [0.05, 0.1) is 0 Å². The Hall–Kier alpha value is -1.69. The lowest BCUT2D eigenvalue weighted by molar-refractivity contribution is 0.0684. The third-order valence-corrected chi connectivity index (χ3v) is 5.82. The molecule has 2 saturated heterocycles. The van der Waals surface area contributed by atoms with Crippen LogP contribution in [0.15, 0.2) is 0 Å². The van der Waals surface area contributed by atoms with E-state index >= 15 is 0 Å². The molecule has 6 nitrogen and oxygen atoms in total. The lowest BCUT2D eigenvalue weighted by atomic mass is 9.99. The molecule has 1 aromatic rings. The van der Waals surface area contributed by atoms with Gasteiger partial charge in [-0.1, -0.05) is 6.92 Å². The molecule has 0 unspecified atom stereocenters. The summed E-state index contributed by atoms with van der Waals surface area (Å²) in [5, 5.41) is 0. The SMILES string of the molecule is Cc1nc(C(=O)N2CCC(C)CC2)nc(N2CC[C@@H](N(C)C)C2)c1C. The Morgan fingerprint density at radius 2 is 1.76 bits per heavy atom. The molecule has 3 rings (SSSR count). The van der Waals surface area contributed by atoms with Crippen molar-refractivity contribution < 1.29 is 4.79 Å². The van der Waals surface area contributed by atoms with Crippen LogP contribution < -0.4 is 4.90 Å². The van der Waals surface area contributed by atoms with E-state index in [9.17, 15) is 4.79 Å². The van der Waals surface area contributed by atoms with E-state index in [2.05, 4.69) is 42.7 Å². The van der Waals surface area contributed by atoms with Crippen molar-refractivity contribution in [2.75, 3.05) is 45.2 Å². The molecule has 3 heterocycles. The molecule has 0 aromatic carbocycles. The summed E-state index contributed by atoms with van der Waals surface area (Å²) in [6, 6.07) is 0.539. The fraction of sp³-hybridized carbons (Fsp3) is 0.737. The van der Waals surface area contributed by atoms with Crippen LogP contribution in [0.3, 0.4) is 0 Å². The number of aryl methyl sites for hydroxylation is 1. The monoisotopic (exact) mass is 345 g/mol. The number of rotatable bonds is 3. The third-order valence-electron chi connectivity index (χ3n) is 5.82. The number of anilines is 1. The van der Waals surface area contributed by atoms with Crippen molar-refractivity contribution in [3.8, 4) is 0 Å². The number of piperidine rings is 1. The van der Waals surface area contributed by atoms with Crippen molar-refractivity contribution in [2.24, 2.45) is 5.92 Å². The van der Waals surface area contributed by atoms with Crippen molar-refractivity contribution in [2.45, 2.75) is 46.1 Å². The standard InChI is InChI=1S/C19H31N5O/c1-13-6-9-23(10-7-13)19(25)17-20-15(3)14(2)18(21-17)24-11-8-16(12-24)22(4)5/h13,16H,6-12H2,1-5H3/t16-/m1/s1. The molecule has 0 radical (unpaired) electrons. The van der Waals surface area contributed by atoms with Gasteiger partial charge in [0, 0.05) is 43.5 Å². The fourth-order valence-electron chi connectivity index (χ4n) is 3.73. The normalized spacial score (nSPS) is 22.1. The maximum Gasteiger partial charge on any atom is 0.291 e. The Morgan fingerprint density at radius 3 is 2.36 bits per heavy atom. The van der Waals surface area contributed by atoms with Gasteiger partial charge < -0.3 is 14.7 Å². The predicted octanol–water partition coefficient (Wildman–Crippen LogP) is 2.11. The maximum absolute atomic E-state index is 12.9. The third kappa shape index (κ3) is 3.78. The summed E-state index contributed by atoms with van der Waals surface area (Å²) in [5.41, 5.74) is 2.00. The van der Waals surface area contributed by atoms with Crippen LogP contribution >= 0.6 is 0 Å². The molecular weight excluding hydrogens is 314 g/mol. The number of likely N-dealkylation sites (tertiary alicyclic amines) is 1. The van der Waals surface area contributed by atoms with Gasteiger partial charge in [-0.25, -0.2) is 9.97 Å². The minimum atomic E-state index is -0.0143. The average molecular weight is 345 g/mol. The van der Waals surface area contributed by atoms with E-state index < -0.39 is 0 Å².